The third-order valence-corrected chi connectivity index (χ3v) is 6.78. The van der Waals surface area contributed by atoms with Crippen LogP contribution in [-0.4, -0.2) is 49.3 Å². The molecule has 1 saturated carbocycles. The number of pyridine rings is 1. The Morgan fingerprint density at radius 2 is 2.07 bits per heavy atom. The van der Waals surface area contributed by atoms with E-state index in [1.165, 1.54) is 10.4 Å². The van der Waals surface area contributed by atoms with Gasteiger partial charge in [0.1, 0.15) is 0 Å². The van der Waals surface area contributed by atoms with Crippen molar-refractivity contribution < 1.29 is 13.2 Å². The van der Waals surface area contributed by atoms with Gasteiger partial charge < -0.3 is 10.6 Å². The zero-order valence-electron chi connectivity index (χ0n) is 14.8. The molecule has 142 valence electrons. The molecule has 4 rings (SSSR count). The first-order valence-electron chi connectivity index (χ1n) is 9.09. The smallest absolute Gasteiger partial charge is 0.251 e. The van der Waals surface area contributed by atoms with Crippen LogP contribution in [0.3, 0.4) is 0 Å². The molecule has 0 spiro atoms. The lowest BCUT2D eigenvalue weighted by atomic mass is 10.1. The van der Waals surface area contributed by atoms with E-state index in [9.17, 15) is 13.2 Å². The summed E-state index contributed by atoms with van der Waals surface area (Å²) in [5.74, 6) is -0.223. The molecule has 7 nitrogen and oxygen atoms in total. The second-order valence-corrected chi connectivity index (χ2v) is 8.79. The van der Waals surface area contributed by atoms with Crippen molar-refractivity contribution >= 4 is 15.9 Å². The number of rotatable bonds is 5. The van der Waals surface area contributed by atoms with Gasteiger partial charge in [0.2, 0.25) is 10.0 Å². The summed E-state index contributed by atoms with van der Waals surface area (Å²) < 4.78 is 28.2. The largest absolute Gasteiger partial charge is 0.349 e. The number of hydrogen-bond donors (Lipinski definition) is 2. The van der Waals surface area contributed by atoms with E-state index in [-0.39, 0.29) is 22.9 Å². The fraction of sp³-hybridized carbons (Fsp3) is 0.368. The molecule has 1 aromatic heterocycles. The minimum absolute atomic E-state index is 0.140. The van der Waals surface area contributed by atoms with Gasteiger partial charge >= 0.3 is 0 Å². The molecule has 0 bridgehead atoms. The fourth-order valence-corrected chi connectivity index (χ4v) is 4.92. The Labute approximate surface area is 158 Å². The number of sulfonamides is 1. The summed E-state index contributed by atoms with van der Waals surface area (Å²) in [6.45, 7) is 1.46. The molecule has 1 atom stereocenters. The summed E-state index contributed by atoms with van der Waals surface area (Å²) in [6.07, 6.45) is 5.33. The summed E-state index contributed by atoms with van der Waals surface area (Å²) in [6, 6.07) is 9.86. The van der Waals surface area contributed by atoms with E-state index in [1.807, 2.05) is 6.07 Å². The molecular weight excluding hydrogens is 364 g/mol. The highest BCUT2D eigenvalue weighted by atomic mass is 32.2. The SMILES string of the molecule is O=C(NC1CC1)c1cccc(S(=O)(=O)N2CCNCC2c2cccnc2)c1. The van der Waals surface area contributed by atoms with Crippen molar-refractivity contribution in [2.45, 2.75) is 29.8 Å². The Bertz CT molecular complexity index is 929. The molecule has 2 fully saturated rings. The number of carbonyl (C=O) groups excluding carboxylic acids is 1. The molecule has 27 heavy (non-hydrogen) atoms. The minimum atomic E-state index is -3.74. The maximum absolute atomic E-state index is 13.3. The predicted octanol–water partition coefficient (Wildman–Crippen LogP) is 1.31. The number of hydrogen-bond acceptors (Lipinski definition) is 5. The maximum Gasteiger partial charge on any atom is 0.251 e. The zero-order valence-corrected chi connectivity index (χ0v) is 15.7. The Morgan fingerprint density at radius 3 is 2.81 bits per heavy atom. The van der Waals surface area contributed by atoms with Crippen molar-refractivity contribution in [2.24, 2.45) is 0 Å². The molecule has 1 saturated heterocycles. The van der Waals surface area contributed by atoms with E-state index >= 15 is 0 Å². The van der Waals surface area contributed by atoms with Crippen molar-refractivity contribution in [3.05, 3.63) is 59.9 Å². The molecule has 0 radical (unpaired) electrons. The van der Waals surface area contributed by atoms with E-state index < -0.39 is 10.0 Å². The van der Waals surface area contributed by atoms with Crippen molar-refractivity contribution in [3.8, 4) is 0 Å². The zero-order chi connectivity index (χ0) is 18.9. The van der Waals surface area contributed by atoms with Gasteiger partial charge in [-0.1, -0.05) is 12.1 Å². The summed E-state index contributed by atoms with van der Waals surface area (Å²) >= 11 is 0. The van der Waals surface area contributed by atoms with E-state index in [1.54, 1.807) is 36.7 Å². The highest BCUT2D eigenvalue weighted by Crippen LogP contribution is 2.29. The summed E-state index contributed by atoms with van der Waals surface area (Å²) in [4.78, 5) is 16.6. The van der Waals surface area contributed by atoms with Crippen LogP contribution in [0.5, 0.6) is 0 Å². The van der Waals surface area contributed by atoms with Gasteiger partial charge in [0.25, 0.3) is 5.91 Å². The van der Waals surface area contributed by atoms with Crippen LogP contribution in [0.2, 0.25) is 0 Å². The van der Waals surface area contributed by atoms with Crippen molar-refractivity contribution in [1.29, 1.82) is 0 Å². The second-order valence-electron chi connectivity index (χ2n) is 6.90. The van der Waals surface area contributed by atoms with Gasteiger partial charge in [-0.05, 0) is 42.7 Å². The lowest BCUT2D eigenvalue weighted by molar-refractivity contribution is 0.0951. The first-order chi connectivity index (χ1) is 13.1. The second kappa shape index (κ2) is 7.38. The lowest BCUT2D eigenvalue weighted by Gasteiger charge is -2.35. The van der Waals surface area contributed by atoms with Crippen LogP contribution < -0.4 is 10.6 Å². The number of nitrogens with one attached hydrogen (secondary N) is 2. The topological polar surface area (TPSA) is 91.4 Å². The molecule has 8 heteroatoms. The number of carbonyl (C=O) groups is 1. The Morgan fingerprint density at radius 1 is 1.22 bits per heavy atom. The van der Waals surface area contributed by atoms with Crippen LogP contribution in [0.25, 0.3) is 0 Å². The van der Waals surface area contributed by atoms with Crippen molar-refractivity contribution in [2.75, 3.05) is 19.6 Å². The number of nitrogens with zero attached hydrogens (tertiary/aromatic N) is 2. The Hall–Kier alpha value is -2.29. The molecule has 1 amide bonds. The minimum Gasteiger partial charge on any atom is -0.349 e. The van der Waals surface area contributed by atoms with Gasteiger partial charge in [-0.3, -0.25) is 9.78 Å². The molecule has 1 aliphatic carbocycles. The molecule has 1 unspecified atom stereocenters. The molecule has 2 N–H and O–H groups in total. The number of aromatic nitrogens is 1. The molecule has 2 aromatic rings. The van der Waals surface area contributed by atoms with Crippen molar-refractivity contribution in [1.82, 2.24) is 19.9 Å². The Balaban J connectivity index is 1.64. The molecule has 2 aliphatic rings. The third-order valence-electron chi connectivity index (χ3n) is 4.88. The predicted molar refractivity (Wildman–Crippen MR) is 101 cm³/mol. The quantitative estimate of drug-likeness (QED) is 0.808. The standard InChI is InChI=1S/C19H22N4O3S/c24-19(22-16-6-7-16)14-3-1-5-17(11-14)27(25,26)23-10-9-21-13-18(23)15-4-2-8-20-12-15/h1-5,8,11-12,16,18,21H,6-7,9-10,13H2,(H,22,24). The van der Waals surface area contributed by atoms with E-state index in [2.05, 4.69) is 15.6 Å². The molecular formula is C19H22N4O3S. The average molecular weight is 386 g/mol. The van der Waals surface area contributed by atoms with E-state index in [4.69, 9.17) is 0 Å². The average Bonchev–Trinajstić information content (AvgIpc) is 3.53. The lowest BCUT2D eigenvalue weighted by Crippen LogP contribution is -2.48. The van der Waals surface area contributed by atoms with Crippen LogP contribution in [0.1, 0.15) is 34.8 Å². The normalized spacial score (nSPS) is 21.0. The van der Waals surface area contributed by atoms with Crippen molar-refractivity contribution in [3.63, 3.8) is 0 Å². The number of benzene rings is 1. The molecule has 2 heterocycles. The van der Waals surface area contributed by atoms with Crippen LogP contribution in [0, 0.1) is 0 Å². The molecule has 1 aliphatic heterocycles. The van der Waals surface area contributed by atoms with Gasteiger partial charge in [-0.25, -0.2) is 8.42 Å². The van der Waals surface area contributed by atoms with Gasteiger partial charge in [-0.15, -0.1) is 0 Å². The summed E-state index contributed by atoms with van der Waals surface area (Å²) in [5.41, 5.74) is 1.21. The number of piperazine rings is 1. The van der Waals surface area contributed by atoms with Gasteiger partial charge in [0.05, 0.1) is 10.9 Å². The summed E-state index contributed by atoms with van der Waals surface area (Å²) in [7, 11) is -3.74. The maximum atomic E-state index is 13.3. The fourth-order valence-electron chi connectivity index (χ4n) is 3.26. The van der Waals surface area contributed by atoms with Crippen LogP contribution in [0.4, 0.5) is 0 Å². The Kier molecular flexibility index (Phi) is 4.94. The van der Waals surface area contributed by atoms with Crippen LogP contribution in [0.15, 0.2) is 53.7 Å². The monoisotopic (exact) mass is 386 g/mol. The van der Waals surface area contributed by atoms with Gasteiger partial charge in [-0.2, -0.15) is 4.31 Å². The summed E-state index contributed by atoms with van der Waals surface area (Å²) in [5, 5.41) is 6.14. The van der Waals surface area contributed by atoms with Gasteiger partial charge in [0, 0.05) is 43.6 Å². The first-order valence-corrected chi connectivity index (χ1v) is 10.5. The highest BCUT2D eigenvalue weighted by molar-refractivity contribution is 7.89. The van der Waals surface area contributed by atoms with E-state index in [0.717, 1.165) is 18.4 Å². The van der Waals surface area contributed by atoms with Crippen LogP contribution >= 0.6 is 0 Å². The molecule has 1 aromatic carbocycles. The van der Waals surface area contributed by atoms with E-state index in [0.29, 0.717) is 25.2 Å². The first kappa shape index (κ1) is 18.1. The van der Waals surface area contributed by atoms with Gasteiger partial charge in [0.15, 0.2) is 0 Å². The number of amides is 1. The third kappa shape index (κ3) is 3.87. The van der Waals surface area contributed by atoms with Crippen LogP contribution in [-0.2, 0) is 10.0 Å². The highest BCUT2D eigenvalue weighted by Gasteiger charge is 2.35.